The van der Waals surface area contributed by atoms with Crippen molar-refractivity contribution in [3.8, 4) is 0 Å². The second kappa shape index (κ2) is 9.33. The highest BCUT2D eigenvalue weighted by Gasteiger charge is 2.29. The van der Waals surface area contributed by atoms with Crippen molar-refractivity contribution in [2.24, 2.45) is 11.8 Å². The van der Waals surface area contributed by atoms with Gasteiger partial charge in [0.25, 0.3) is 5.91 Å². The Bertz CT molecular complexity index is 499. The first-order valence-electron chi connectivity index (χ1n) is 8.55. The Kier molecular flexibility index (Phi) is 7.79. The highest BCUT2D eigenvalue weighted by molar-refractivity contribution is 5.97. The fraction of sp³-hybridized carbons (Fsp3) is 0.579. The molecule has 0 saturated carbocycles. The number of benzene rings is 1. The Morgan fingerprint density at radius 2 is 1.70 bits per heavy atom. The van der Waals surface area contributed by atoms with Crippen molar-refractivity contribution in [1.29, 1.82) is 0 Å². The van der Waals surface area contributed by atoms with Gasteiger partial charge >= 0.3 is 0 Å². The van der Waals surface area contributed by atoms with Gasteiger partial charge in [-0.25, -0.2) is 0 Å². The second-order valence-electron chi connectivity index (χ2n) is 6.47. The van der Waals surface area contributed by atoms with E-state index in [1.54, 1.807) is 12.1 Å². The maximum Gasteiger partial charge on any atom is 0.251 e. The van der Waals surface area contributed by atoms with Crippen LogP contribution >= 0.6 is 0 Å². The first-order chi connectivity index (χ1) is 10.9. The number of rotatable bonds is 8. The van der Waals surface area contributed by atoms with Gasteiger partial charge in [-0.05, 0) is 30.9 Å². The summed E-state index contributed by atoms with van der Waals surface area (Å²) in [6.45, 7) is 11.6. The highest BCUT2D eigenvalue weighted by atomic mass is 16.2. The Balaban J connectivity index is 2.91. The molecular weight excluding hydrogens is 288 g/mol. The summed E-state index contributed by atoms with van der Waals surface area (Å²) in [4.78, 5) is 27.2. The molecule has 4 heteroatoms. The molecule has 0 spiro atoms. The number of likely N-dealkylation sites (N-methyl/N-ethyl adjacent to an activating group) is 1. The van der Waals surface area contributed by atoms with Crippen LogP contribution < -0.4 is 5.32 Å². The van der Waals surface area contributed by atoms with Crippen LogP contribution in [-0.4, -0.2) is 35.8 Å². The highest BCUT2D eigenvalue weighted by Crippen LogP contribution is 2.13. The van der Waals surface area contributed by atoms with Crippen molar-refractivity contribution >= 4 is 11.8 Å². The van der Waals surface area contributed by atoms with E-state index in [9.17, 15) is 9.59 Å². The number of hydrogen-bond acceptors (Lipinski definition) is 2. The van der Waals surface area contributed by atoms with E-state index in [0.29, 0.717) is 24.6 Å². The van der Waals surface area contributed by atoms with E-state index in [2.05, 4.69) is 19.2 Å². The monoisotopic (exact) mass is 318 g/mol. The van der Waals surface area contributed by atoms with E-state index >= 15 is 0 Å². The molecule has 4 nitrogen and oxygen atoms in total. The van der Waals surface area contributed by atoms with Gasteiger partial charge < -0.3 is 10.2 Å². The summed E-state index contributed by atoms with van der Waals surface area (Å²) in [6.07, 6.45) is 0.838. The second-order valence-corrected chi connectivity index (χ2v) is 6.47. The molecule has 23 heavy (non-hydrogen) atoms. The van der Waals surface area contributed by atoms with E-state index in [1.165, 1.54) is 0 Å². The van der Waals surface area contributed by atoms with Gasteiger partial charge in [0.15, 0.2) is 0 Å². The van der Waals surface area contributed by atoms with Crippen LogP contribution in [0.25, 0.3) is 0 Å². The maximum atomic E-state index is 12.9. The molecule has 1 aromatic carbocycles. The molecule has 0 aromatic heterocycles. The fourth-order valence-corrected chi connectivity index (χ4v) is 2.51. The minimum atomic E-state index is -0.480. The van der Waals surface area contributed by atoms with E-state index < -0.39 is 6.04 Å². The molecule has 0 heterocycles. The number of hydrogen-bond donors (Lipinski definition) is 1. The summed E-state index contributed by atoms with van der Waals surface area (Å²) in [5, 5.41) is 2.94. The van der Waals surface area contributed by atoms with E-state index in [4.69, 9.17) is 0 Å². The largest absolute Gasteiger partial charge is 0.341 e. The zero-order valence-electron chi connectivity index (χ0n) is 15.0. The third-order valence-corrected chi connectivity index (χ3v) is 4.08. The molecule has 0 saturated heterocycles. The van der Waals surface area contributed by atoms with Crippen LogP contribution in [0.2, 0.25) is 0 Å². The Labute approximate surface area is 140 Å². The smallest absolute Gasteiger partial charge is 0.251 e. The lowest BCUT2D eigenvalue weighted by molar-refractivity contribution is -0.134. The van der Waals surface area contributed by atoms with Crippen LogP contribution in [0.1, 0.15) is 51.4 Å². The average Bonchev–Trinajstić information content (AvgIpc) is 2.56. The Morgan fingerprint density at radius 1 is 1.09 bits per heavy atom. The molecule has 0 aliphatic heterocycles. The Morgan fingerprint density at radius 3 is 2.17 bits per heavy atom. The normalized spacial score (nSPS) is 13.5. The van der Waals surface area contributed by atoms with Crippen LogP contribution in [0, 0.1) is 11.8 Å². The van der Waals surface area contributed by atoms with Gasteiger partial charge in [-0.2, -0.15) is 0 Å². The van der Waals surface area contributed by atoms with Crippen LogP contribution in [0.5, 0.6) is 0 Å². The SMILES string of the molecule is CCC(C)C(NC(=O)c1ccccc1)C(=O)N(CC)CC(C)C. The molecule has 0 aliphatic rings. The van der Waals surface area contributed by atoms with Crippen molar-refractivity contribution in [3.63, 3.8) is 0 Å². The minimum absolute atomic E-state index is 0.0137. The number of nitrogens with zero attached hydrogens (tertiary/aromatic N) is 1. The maximum absolute atomic E-state index is 12.9. The van der Waals surface area contributed by atoms with Gasteiger partial charge in [-0.3, -0.25) is 9.59 Å². The van der Waals surface area contributed by atoms with E-state index in [-0.39, 0.29) is 17.7 Å². The number of carbonyl (C=O) groups is 2. The molecule has 1 N–H and O–H groups in total. The fourth-order valence-electron chi connectivity index (χ4n) is 2.51. The van der Waals surface area contributed by atoms with Gasteiger partial charge in [-0.15, -0.1) is 0 Å². The molecule has 1 rings (SSSR count). The first kappa shape index (κ1) is 19.2. The molecule has 1 aromatic rings. The first-order valence-corrected chi connectivity index (χ1v) is 8.55. The summed E-state index contributed by atoms with van der Waals surface area (Å²) in [7, 11) is 0. The number of carbonyl (C=O) groups excluding carboxylic acids is 2. The lowest BCUT2D eigenvalue weighted by Gasteiger charge is -2.31. The standard InChI is InChI=1S/C19H30N2O2/c1-6-15(5)17(19(23)21(7-2)13-14(3)4)20-18(22)16-11-9-8-10-12-16/h8-12,14-15,17H,6-7,13H2,1-5H3,(H,20,22). The molecule has 2 amide bonds. The van der Waals surface area contributed by atoms with Gasteiger partial charge in [0, 0.05) is 18.7 Å². The van der Waals surface area contributed by atoms with E-state index in [0.717, 1.165) is 6.42 Å². The lowest BCUT2D eigenvalue weighted by Crippen LogP contribution is -2.52. The Hall–Kier alpha value is -1.84. The lowest BCUT2D eigenvalue weighted by atomic mass is 9.97. The van der Waals surface area contributed by atoms with Crippen LogP contribution in [0.3, 0.4) is 0 Å². The molecular formula is C19H30N2O2. The topological polar surface area (TPSA) is 49.4 Å². The van der Waals surface area contributed by atoms with Crippen molar-refractivity contribution in [2.75, 3.05) is 13.1 Å². The van der Waals surface area contributed by atoms with Crippen molar-refractivity contribution < 1.29 is 9.59 Å². The molecule has 0 bridgehead atoms. The summed E-state index contributed by atoms with van der Waals surface area (Å²) in [5.74, 6) is 0.322. The van der Waals surface area contributed by atoms with Crippen molar-refractivity contribution in [2.45, 2.75) is 47.1 Å². The van der Waals surface area contributed by atoms with Crippen molar-refractivity contribution in [3.05, 3.63) is 35.9 Å². The zero-order chi connectivity index (χ0) is 17.4. The van der Waals surface area contributed by atoms with Gasteiger partial charge in [0.1, 0.15) is 6.04 Å². The number of nitrogens with one attached hydrogen (secondary N) is 1. The molecule has 128 valence electrons. The summed E-state index contributed by atoms with van der Waals surface area (Å²) < 4.78 is 0. The van der Waals surface area contributed by atoms with Crippen LogP contribution in [0.4, 0.5) is 0 Å². The minimum Gasteiger partial charge on any atom is -0.341 e. The third-order valence-electron chi connectivity index (χ3n) is 4.08. The summed E-state index contributed by atoms with van der Waals surface area (Å²) in [5.41, 5.74) is 0.584. The third kappa shape index (κ3) is 5.70. The van der Waals surface area contributed by atoms with Gasteiger partial charge in [0.05, 0.1) is 0 Å². The molecule has 0 fully saturated rings. The molecule has 0 aliphatic carbocycles. The molecule has 2 unspecified atom stereocenters. The predicted molar refractivity (Wildman–Crippen MR) is 94.2 cm³/mol. The number of amides is 2. The van der Waals surface area contributed by atoms with Crippen LogP contribution in [-0.2, 0) is 4.79 Å². The summed E-state index contributed by atoms with van der Waals surface area (Å²) in [6, 6.07) is 8.57. The van der Waals surface area contributed by atoms with Gasteiger partial charge in [-0.1, -0.05) is 52.3 Å². The zero-order valence-corrected chi connectivity index (χ0v) is 15.0. The van der Waals surface area contributed by atoms with Crippen LogP contribution in [0.15, 0.2) is 30.3 Å². The van der Waals surface area contributed by atoms with Crippen molar-refractivity contribution in [1.82, 2.24) is 10.2 Å². The summed E-state index contributed by atoms with van der Waals surface area (Å²) >= 11 is 0. The van der Waals surface area contributed by atoms with Gasteiger partial charge in [0.2, 0.25) is 5.91 Å². The average molecular weight is 318 g/mol. The quantitative estimate of drug-likeness (QED) is 0.799. The molecule has 2 atom stereocenters. The van der Waals surface area contributed by atoms with E-state index in [1.807, 2.05) is 43.9 Å². The molecule has 0 radical (unpaired) electrons. The predicted octanol–water partition coefficient (Wildman–Crippen LogP) is 3.34.